The third kappa shape index (κ3) is 4.39. The summed E-state index contributed by atoms with van der Waals surface area (Å²) in [5.74, 6) is 0. The highest BCUT2D eigenvalue weighted by molar-refractivity contribution is 6.35. The molecule has 0 radical (unpaired) electrons. The highest BCUT2D eigenvalue weighted by Crippen LogP contribution is 2.24. The highest BCUT2D eigenvalue weighted by Gasteiger charge is 2.04. The second-order valence-electron chi connectivity index (χ2n) is 3.20. The fourth-order valence-corrected chi connectivity index (χ4v) is 1.82. The summed E-state index contributed by atoms with van der Waals surface area (Å²) < 4.78 is 5.39. The predicted molar refractivity (Wildman–Crippen MR) is 64.7 cm³/mol. The summed E-state index contributed by atoms with van der Waals surface area (Å²) in [6, 6.07) is 5.51. The Morgan fingerprint density at radius 1 is 1.13 bits per heavy atom. The molecule has 0 atom stereocenters. The molecule has 2 N–H and O–H groups in total. The first-order valence-electron chi connectivity index (χ1n) is 4.96. The van der Waals surface area contributed by atoms with Crippen LogP contribution in [-0.2, 0) is 11.2 Å². The van der Waals surface area contributed by atoms with Gasteiger partial charge in [0.1, 0.15) is 0 Å². The Hall–Kier alpha value is -0.280. The maximum atomic E-state index is 6.01. The van der Waals surface area contributed by atoms with Crippen molar-refractivity contribution in [1.82, 2.24) is 0 Å². The van der Waals surface area contributed by atoms with E-state index in [0.717, 1.165) is 18.4 Å². The van der Waals surface area contributed by atoms with Crippen molar-refractivity contribution >= 4 is 23.2 Å². The maximum Gasteiger partial charge on any atom is 0.0507 e. The molecule has 0 saturated heterocycles. The first kappa shape index (κ1) is 12.8. The van der Waals surface area contributed by atoms with E-state index in [1.54, 1.807) is 0 Å². The third-order valence-corrected chi connectivity index (χ3v) is 2.76. The lowest BCUT2D eigenvalue weighted by Crippen LogP contribution is -2.06. The molecule has 1 aromatic carbocycles. The van der Waals surface area contributed by atoms with E-state index in [1.807, 2.05) is 18.2 Å². The molecule has 84 valence electrons. The van der Waals surface area contributed by atoms with Gasteiger partial charge in [-0.25, -0.2) is 0 Å². The van der Waals surface area contributed by atoms with Gasteiger partial charge in [-0.3, -0.25) is 0 Å². The zero-order valence-corrected chi connectivity index (χ0v) is 10.0. The molecule has 0 spiro atoms. The number of halogens is 2. The fourth-order valence-electron chi connectivity index (χ4n) is 1.23. The van der Waals surface area contributed by atoms with Crippen molar-refractivity contribution in [1.29, 1.82) is 0 Å². The van der Waals surface area contributed by atoms with Gasteiger partial charge in [0.05, 0.1) is 6.61 Å². The Morgan fingerprint density at radius 2 is 1.80 bits per heavy atom. The number of rotatable bonds is 6. The largest absolute Gasteiger partial charge is 0.381 e. The van der Waals surface area contributed by atoms with Crippen molar-refractivity contribution in [2.75, 3.05) is 19.8 Å². The van der Waals surface area contributed by atoms with E-state index in [4.69, 9.17) is 33.7 Å². The predicted octanol–water partition coefficient (Wildman–Crippen LogP) is 2.90. The molecule has 0 amide bonds. The molecule has 1 aromatic rings. The standard InChI is InChI=1S/C11H15Cl2NO/c12-10-3-1-4-11(13)9(10)5-8-15-7-2-6-14/h1,3-4H,2,5-8,14H2. The van der Waals surface area contributed by atoms with Gasteiger partial charge in [-0.1, -0.05) is 29.3 Å². The molecule has 4 heteroatoms. The SMILES string of the molecule is NCCCOCCc1c(Cl)cccc1Cl. The van der Waals surface area contributed by atoms with E-state index in [1.165, 1.54) is 0 Å². The molecule has 0 aromatic heterocycles. The van der Waals surface area contributed by atoms with Crippen molar-refractivity contribution in [3.63, 3.8) is 0 Å². The summed E-state index contributed by atoms with van der Waals surface area (Å²) in [6.45, 7) is 1.98. The summed E-state index contributed by atoms with van der Waals surface area (Å²) in [6.07, 6.45) is 1.62. The molecule has 0 aliphatic carbocycles. The molecule has 0 heterocycles. The van der Waals surface area contributed by atoms with E-state index in [0.29, 0.717) is 29.8 Å². The van der Waals surface area contributed by atoms with Gasteiger partial charge in [0.25, 0.3) is 0 Å². The van der Waals surface area contributed by atoms with Gasteiger partial charge in [-0.15, -0.1) is 0 Å². The maximum absolute atomic E-state index is 6.01. The smallest absolute Gasteiger partial charge is 0.0507 e. The van der Waals surface area contributed by atoms with Crippen LogP contribution in [0.15, 0.2) is 18.2 Å². The lowest BCUT2D eigenvalue weighted by molar-refractivity contribution is 0.136. The van der Waals surface area contributed by atoms with Gasteiger partial charge in [0, 0.05) is 16.7 Å². The van der Waals surface area contributed by atoms with Gasteiger partial charge >= 0.3 is 0 Å². The van der Waals surface area contributed by atoms with E-state index >= 15 is 0 Å². The Morgan fingerprint density at radius 3 is 2.40 bits per heavy atom. The Bertz CT molecular complexity index is 284. The number of benzene rings is 1. The van der Waals surface area contributed by atoms with Crippen molar-refractivity contribution in [3.8, 4) is 0 Å². The normalized spacial score (nSPS) is 10.6. The molecule has 0 unspecified atom stereocenters. The minimum atomic E-state index is 0.628. The molecule has 0 bridgehead atoms. The van der Waals surface area contributed by atoms with Crippen LogP contribution in [0.5, 0.6) is 0 Å². The summed E-state index contributed by atoms with van der Waals surface area (Å²) in [4.78, 5) is 0. The quantitative estimate of drug-likeness (QED) is 0.785. The highest BCUT2D eigenvalue weighted by atomic mass is 35.5. The zero-order chi connectivity index (χ0) is 11.1. The monoisotopic (exact) mass is 247 g/mol. The molecule has 0 saturated carbocycles. The Balaban J connectivity index is 2.37. The van der Waals surface area contributed by atoms with Gasteiger partial charge in [-0.05, 0) is 37.1 Å². The van der Waals surface area contributed by atoms with Crippen molar-refractivity contribution in [2.45, 2.75) is 12.8 Å². The van der Waals surface area contributed by atoms with Gasteiger partial charge in [-0.2, -0.15) is 0 Å². The summed E-state index contributed by atoms with van der Waals surface area (Å²) >= 11 is 12.0. The van der Waals surface area contributed by atoms with Crippen molar-refractivity contribution in [3.05, 3.63) is 33.8 Å². The lowest BCUT2D eigenvalue weighted by atomic mass is 10.1. The minimum Gasteiger partial charge on any atom is -0.381 e. The van der Waals surface area contributed by atoms with Crippen LogP contribution in [0.4, 0.5) is 0 Å². The van der Waals surface area contributed by atoms with Gasteiger partial charge < -0.3 is 10.5 Å². The average molecular weight is 248 g/mol. The average Bonchev–Trinajstić information content (AvgIpc) is 2.21. The second kappa shape index (κ2) is 7.07. The summed E-state index contributed by atoms with van der Waals surface area (Å²) in [5.41, 5.74) is 6.30. The first-order valence-corrected chi connectivity index (χ1v) is 5.72. The summed E-state index contributed by atoms with van der Waals surface area (Å²) in [5, 5.41) is 1.40. The first-order chi connectivity index (χ1) is 7.25. The molecule has 15 heavy (non-hydrogen) atoms. The van der Waals surface area contributed by atoms with Gasteiger partial charge in [0.15, 0.2) is 0 Å². The van der Waals surface area contributed by atoms with Crippen molar-refractivity contribution in [2.24, 2.45) is 5.73 Å². The van der Waals surface area contributed by atoms with Crippen LogP contribution in [-0.4, -0.2) is 19.8 Å². The zero-order valence-electron chi connectivity index (χ0n) is 8.51. The molecular formula is C11H15Cl2NO. The number of nitrogens with two attached hydrogens (primary N) is 1. The van der Waals surface area contributed by atoms with Crippen LogP contribution in [0.3, 0.4) is 0 Å². The molecule has 0 aliphatic heterocycles. The topological polar surface area (TPSA) is 35.2 Å². The fraction of sp³-hybridized carbons (Fsp3) is 0.455. The Kier molecular flexibility index (Phi) is 6.03. The van der Waals surface area contributed by atoms with E-state index in [-0.39, 0.29) is 0 Å². The van der Waals surface area contributed by atoms with Crippen LogP contribution < -0.4 is 5.73 Å². The van der Waals surface area contributed by atoms with Crippen LogP contribution in [0.25, 0.3) is 0 Å². The van der Waals surface area contributed by atoms with E-state index in [9.17, 15) is 0 Å². The van der Waals surface area contributed by atoms with E-state index < -0.39 is 0 Å². The third-order valence-electron chi connectivity index (χ3n) is 2.05. The van der Waals surface area contributed by atoms with Crippen LogP contribution in [0.1, 0.15) is 12.0 Å². The second-order valence-corrected chi connectivity index (χ2v) is 4.02. The Labute approximate surface area is 100 Å². The molecule has 0 aliphatic rings. The van der Waals surface area contributed by atoms with Crippen LogP contribution in [0, 0.1) is 0 Å². The minimum absolute atomic E-state index is 0.628. The number of hydrogen-bond acceptors (Lipinski definition) is 2. The van der Waals surface area contributed by atoms with Crippen LogP contribution >= 0.6 is 23.2 Å². The van der Waals surface area contributed by atoms with Crippen molar-refractivity contribution < 1.29 is 4.74 Å². The molecular weight excluding hydrogens is 233 g/mol. The van der Waals surface area contributed by atoms with Crippen LogP contribution in [0.2, 0.25) is 10.0 Å². The number of hydrogen-bond donors (Lipinski definition) is 1. The number of ether oxygens (including phenoxy) is 1. The van der Waals surface area contributed by atoms with E-state index in [2.05, 4.69) is 0 Å². The lowest BCUT2D eigenvalue weighted by Gasteiger charge is -2.07. The molecule has 1 rings (SSSR count). The molecule has 2 nitrogen and oxygen atoms in total. The molecule has 0 fully saturated rings. The summed E-state index contributed by atoms with van der Waals surface area (Å²) in [7, 11) is 0. The van der Waals surface area contributed by atoms with Gasteiger partial charge in [0.2, 0.25) is 0 Å².